The van der Waals surface area contributed by atoms with Crippen LogP contribution in [0.2, 0.25) is 0 Å². The fourth-order valence-corrected chi connectivity index (χ4v) is 17.7. The molecular formula is C74H88N13O13PS. The number of aromatic carboxylic acids is 1. The number of rotatable bonds is 31. The number of para-hydroxylation sites is 1. The van der Waals surface area contributed by atoms with Crippen LogP contribution in [0, 0.1) is 34.7 Å². The van der Waals surface area contributed by atoms with E-state index in [0.29, 0.717) is 84.2 Å². The van der Waals surface area contributed by atoms with Gasteiger partial charge in [-0.3, -0.25) is 39.0 Å². The monoisotopic (exact) mass is 1430 g/mol. The molecule has 3 aromatic carbocycles. The summed E-state index contributed by atoms with van der Waals surface area (Å²) in [6, 6.07) is 20.9. The first-order valence-electron chi connectivity index (χ1n) is 34.8. The third-order valence-electron chi connectivity index (χ3n) is 20.2. The predicted molar refractivity (Wildman–Crippen MR) is 384 cm³/mol. The normalized spacial score (nSPS) is 20.7. The Morgan fingerprint density at radius 2 is 1.58 bits per heavy atom. The van der Waals surface area contributed by atoms with Crippen molar-refractivity contribution < 1.29 is 62.3 Å². The summed E-state index contributed by atoms with van der Waals surface area (Å²) >= 11 is 1.41. The van der Waals surface area contributed by atoms with Gasteiger partial charge in [-0.1, -0.05) is 55.9 Å². The molecule has 2 aliphatic heterocycles. The number of unbranched alkanes of at least 4 members (excludes halogenated alkanes) is 2. The van der Waals surface area contributed by atoms with E-state index in [1.165, 1.54) is 28.4 Å². The van der Waals surface area contributed by atoms with Crippen LogP contribution in [0.15, 0.2) is 97.2 Å². The van der Waals surface area contributed by atoms with E-state index >= 15 is 0 Å². The molecule has 8 N–H and O–H groups in total. The van der Waals surface area contributed by atoms with Crippen LogP contribution in [0.4, 0.5) is 26.2 Å². The number of carbonyl (C=O) groups is 9. The first kappa shape index (κ1) is 73.7. The second-order valence-corrected chi connectivity index (χ2v) is 30.5. The van der Waals surface area contributed by atoms with Crippen LogP contribution in [-0.4, -0.2) is 145 Å². The van der Waals surface area contributed by atoms with Gasteiger partial charge in [0.15, 0.2) is 10.8 Å². The molecule has 2 unspecified atom stereocenters. The Kier molecular flexibility index (Phi) is 22.9. The SMILES string of the molecule is Cc1c(-c2ccc(N3CCc4cccc(C(=O)Nc5nc6ccccc6s5)c4C3)nc2C(=O)O)cnn1CC12CC3(C)CC(C)(C1)CC(OCCN(CCC#P=O)C(=O)OCc1ccc(NC(=O)[C@H](CCCNC(N)=O)NC(=O)[C@@H](NC(=O)CCCCCN4C(=O)C=CC4=O)C(C)C)cc1)(C3)C2. The van der Waals surface area contributed by atoms with Crippen molar-refractivity contribution in [2.24, 2.45) is 27.9 Å². The molecule has 102 heavy (non-hydrogen) atoms. The molecule has 9 amide bonds. The number of carboxylic acid groups (broad SMARTS) is 1. The Labute approximate surface area is 596 Å². The average Bonchev–Trinajstić information content (AvgIpc) is 0.972. The number of primary amides is 1. The van der Waals surface area contributed by atoms with E-state index in [9.17, 15) is 52.8 Å². The van der Waals surface area contributed by atoms with Gasteiger partial charge in [-0.25, -0.2) is 19.6 Å². The van der Waals surface area contributed by atoms with Crippen molar-refractivity contribution >= 4 is 99.6 Å². The van der Waals surface area contributed by atoms with Crippen molar-refractivity contribution in [2.45, 2.75) is 162 Å². The van der Waals surface area contributed by atoms with E-state index < -0.39 is 47.6 Å². The van der Waals surface area contributed by atoms with E-state index in [2.05, 4.69) is 51.0 Å². The number of anilines is 3. The van der Waals surface area contributed by atoms with Crippen LogP contribution >= 0.6 is 19.3 Å². The summed E-state index contributed by atoms with van der Waals surface area (Å²) < 4.78 is 27.4. The number of pyridine rings is 1. The van der Waals surface area contributed by atoms with Crippen LogP contribution in [0.25, 0.3) is 21.3 Å². The fraction of sp³-hybridized carbons (Fsp3) is 0.473. The molecule has 4 fully saturated rings. The molecule has 538 valence electrons. The zero-order valence-electron chi connectivity index (χ0n) is 58.1. The van der Waals surface area contributed by atoms with Crippen molar-refractivity contribution in [1.82, 2.24) is 45.5 Å². The van der Waals surface area contributed by atoms with Crippen molar-refractivity contribution in [1.29, 1.82) is 0 Å². The number of thiazole rings is 1. The number of ether oxygens (including phenoxy) is 2. The summed E-state index contributed by atoms with van der Waals surface area (Å²) in [4.78, 5) is 131. The van der Waals surface area contributed by atoms with Gasteiger partial charge in [-0.2, -0.15) is 5.10 Å². The third-order valence-corrected chi connectivity index (χ3v) is 21.5. The molecule has 4 atom stereocenters. The summed E-state index contributed by atoms with van der Waals surface area (Å²) in [7, 11) is -0.290. The third kappa shape index (κ3) is 17.7. The topological polar surface area (TPSA) is 349 Å². The summed E-state index contributed by atoms with van der Waals surface area (Å²) in [5, 5.41) is 30.1. The molecule has 0 spiro atoms. The minimum atomic E-state index is -1.17. The number of hydrogen-bond acceptors (Lipinski definition) is 17. The number of hydrogen-bond donors (Lipinski definition) is 7. The van der Waals surface area contributed by atoms with Gasteiger partial charge < -0.3 is 31.7 Å². The van der Waals surface area contributed by atoms with Crippen LogP contribution in [-0.2, 0) is 64.1 Å². The zero-order valence-corrected chi connectivity index (χ0v) is 59.9. The maximum absolute atomic E-state index is 14.0. The number of fused-ring (bicyclic) bond motifs is 2. The molecule has 5 heterocycles. The van der Waals surface area contributed by atoms with Gasteiger partial charge in [0.25, 0.3) is 17.7 Å². The van der Waals surface area contributed by atoms with Gasteiger partial charge in [0.1, 0.15) is 17.9 Å². The molecule has 3 aromatic heterocycles. The van der Waals surface area contributed by atoms with Gasteiger partial charge in [0.05, 0.1) is 16.4 Å². The number of nitrogens with two attached hydrogens (primary N) is 1. The number of amides is 9. The molecular weight excluding hydrogens is 1340 g/mol. The molecule has 6 aromatic rings. The van der Waals surface area contributed by atoms with Crippen LogP contribution in [0.5, 0.6) is 0 Å². The number of carbonyl (C=O) groups excluding carboxylic acids is 8. The second-order valence-electron chi connectivity index (χ2n) is 28.9. The van der Waals surface area contributed by atoms with Crippen LogP contribution < -0.4 is 37.2 Å². The number of benzene rings is 3. The molecule has 26 nitrogen and oxygen atoms in total. The number of nitrogens with one attached hydrogen (secondary N) is 5. The number of urea groups is 1. The van der Waals surface area contributed by atoms with Crippen molar-refractivity contribution in [3.05, 3.63) is 131 Å². The number of imide groups is 1. The molecule has 0 saturated heterocycles. The quantitative estimate of drug-likeness (QED) is 0.0121. The van der Waals surface area contributed by atoms with Crippen LogP contribution in [0.3, 0.4) is 0 Å². The fourth-order valence-electron chi connectivity index (χ4n) is 16.7. The molecule has 6 aliphatic rings. The van der Waals surface area contributed by atoms with E-state index in [1.807, 2.05) is 65.0 Å². The van der Waals surface area contributed by atoms with Crippen molar-refractivity contribution in [2.75, 3.05) is 54.9 Å². The van der Waals surface area contributed by atoms with E-state index in [4.69, 9.17) is 25.3 Å². The van der Waals surface area contributed by atoms with E-state index in [-0.39, 0.29) is 124 Å². The summed E-state index contributed by atoms with van der Waals surface area (Å²) in [5.41, 5.74) is 13.3. The summed E-state index contributed by atoms with van der Waals surface area (Å²) in [6.45, 7) is 12.5. The summed E-state index contributed by atoms with van der Waals surface area (Å²) in [6.07, 6.45) is 11.8. The zero-order chi connectivity index (χ0) is 72.5. The number of aromatic nitrogens is 4. The number of nitrogens with zero attached hydrogens (tertiary/aromatic N) is 7. The Bertz CT molecular complexity index is 4290. The molecule has 4 bridgehead atoms. The maximum atomic E-state index is 14.0. The second kappa shape index (κ2) is 31.8. The first-order chi connectivity index (χ1) is 48.8. The summed E-state index contributed by atoms with van der Waals surface area (Å²) in [5.74, 6) is -3.56. The van der Waals surface area contributed by atoms with Gasteiger partial charge >= 0.3 is 214 Å². The van der Waals surface area contributed by atoms with Gasteiger partial charge in [0.2, 0.25) is 17.7 Å². The molecule has 4 saturated carbocycles. The van der Waals surface area contributed by atoms with Gasteiger partial charge in [-0.15, -0.1) is 0 Å². The predicted octanol–water partition coefficient (Wildman–Crippen LogP) is 10.3. The van der Waals surface area contributed by atoms with E-state index in [0.717, 1.165) is 70.5 Å². The Morgan fingerprint density at radius 3 is 2.29 bits per heavy atom. The van der Waals surface area contributed by atoms with Gasteiger partial charge in [0, 0.05) is 67.1 Å². The molecule has 4 aliphatic carbocycles. The molecule has 0 radical (unpaired) electrons. The minimum absolute atomic E-state index is 0.0429. The Hall–Kier alpha value is -9.55. The van der Waals surface area contributed by atoms with Crippen molar-refractivity contribution in [3.63, 3.8) is 0 Å². The average molecular weight is 1430 g/mol. The van der Waals surface area contributed by atoms with Crippen molar-refractivity contribution in [3.8, 4) is 16.8 Å². The first-order valence-corrected chi connectivity index (χ1v) is 36.4. The standard InChI is InChI=1S/C74H88N13O13PS/c1-46(2)62(82-59(88)19-7-6-10-31-86-60(89)26-27-61(86)90)66(93)79-56(17-12-29-76-68(75)96)65(92)78-50-22-20-48(21-23-50)38-99-70(97)84(30-13-35-101-98)33-34-100-74-42-71(4)39-72(5,43-74)41-73(40-71,44-74)45-87-47(3)53(36-77-87)51-24-25-58(81-63(51)67(94)95)85-32-28-49-14-11-15-52(54(49)37-85)64(91)83-69-80-55-16-8-9-18-57(55)102-69/h8-9,11,14-16,18,20-27,36,46,56,62H,6-7,10,12-13,17,19,28-34,37-45H2,1-5H3,(H,78,92)(H,79,93)(H,82,88)(H,94,95)(H3,75,76,96)(H,80,83,91)/t56-,62-,71?,72?,73?,74?/m0/s1. The molecule has 12 rings (SSSR count). The molecule has 28 heteroatoms. The van der Waals surface area contributed by atoms with Gasteiger partial charge in [-0.05, 0) is 86.4 Å². The van der Waals surface area contributed by atoms with E-state index in [1.54, 1.807) is 50.4 Å². The Balaban J connectivity index is 0.691. The van der Waals surface area contributed by atoms with Crippen LogP contribution in [0.1, 0.15) is 154 Å². The number of carboxylic acids is 1. The Morgan fingerprint density at radius 1 is 0.824 bits per heavy atom.